The summed E-state index contributed by atoms with van der Waals surface area (Å²) in [6.07, 6.45) is 3.81. The fraction of sp³-hybridized carbons (Fsp3) is 0.182. The maximum absolute atomic E-state index is 12.4. The Morgan fingerprint density at radius 3 is 2.23 bits per heavy atom. The van der Waals surface area contributed by atoms with Gasteiger partial charge in [-0.25, -0.2) is 8.42 Å². The Hall–Kier alpha value is -2.06. The monoisotopic (exact) mass is 494 g/mol. The molecule has 0 atom stereocenters. The third kappa shape index (κ3) is 5.80. The molecule has 0 fully saturated rings. The molecule has 0 saturated heterocycles. The average molecular weight is 495 g/mol. The smallest absolute Gasteiger partial charge is 0.230 e. The summed E-state index contributed by atoms with van der Waals surface area (Å²) in [7, 11) is -3.29. The molecule has 5 nitrogen and oxygen atoms in total. The van der Waals surface area contributed by atoms with Gasteiger partial charge in [0.1, 0.15) is 0 Å². The van der Waals surface area contributed by atoms with Crippen molar-refractivity contribution in [3.05, 3.63) is 70.5 Å². The highest BCUT2D eigenvalue weighted by Crippen LogP contribution is 2.37. The van der Waals surface area contributed by atoms with Gasteiger partial charge in [0.05, 0.1) is 27.1 Å². The number of anilines is 1. The molecule has 1 amide bonds. The predicted octanol–water partition coefficient (Wildman–Crippen LogP) is 5.75. The highest BCUT2D eigenvalue weighted by Gasteiger charge is 2.15. The molecule has 162 valence electrons. The van der Waals surface area contributed by atoms with Crippen molar-refractivity contribution in [1.82, 2.24) is 4.98 Å². The zero-order chi connectivity index (χ0) is 22.6. The molecule has 1 heterocycles. The summed E-state index contributed by atoms with van der Waals surface area (Å²) in [5.74, 6) is -0.210. The van der Waals surface area contributed by atoms with E-state index in [-0.39, 0.29) is 23.0 Å². The zero-order valence-corrected chi connectivity index (χ0v) is 20.0. The van der Waals surface area contributed by atoms with E-state index in [1.54, 1.807) is 49.1 Å². The Labute approximate surface area is 196 Å². The molecular formula is C22H20Cl2N2O3S2. The van der Waals surface area contributed by atoms with Crippen LogP contribution in [0.1, 0.15) is 12.6 Å². The largest absolute Gasteiger partial charge is 0.326 e. The minimum atomic E-state index is -3.29. The van der Waals surface area contributed by atoms with Crippen molar-refractivity contribution >= 4 is 56.4 Å². The number of nitrogens with zero attached hydrogens (tertiary/aromatic N) is 1. The van der Waals surface area contributed by atoms with E-state index in [2.05, 4.69) is 10.3 Å². The van der Waals surface area contributed by atoms with Gasteiger partial charge in [0.15, 0.2) is 9.84 Å². The lowest BCUT2D eigenvalue weighted by atomic mass is 10.0. The number of benzene rings is 2. The summed E-state index contributed by atoms with van der Waals surface area (Å²) in [5.41, 5.74) is 2.37. The lowest BCUT2D eigenvalue weighted by molar-refractivity contribution is -0.115. The Morgan fingerprint density at radius 1 is 1.06 bits per heavy atom. The average Bonchev–Trinajstić information content (AvgIpc) is 2.74. The molecule has 0 spiro atoms. The fourth-order valence-corrected chi connectivity index (χ4v) is 4.87. The molecule has 2 aromatic carbocycles. The first kappa shape index (κ1) is 23.6. The van der Waals surface area contributed by atoms with Gasteiger partial charge in [0.25, 0.3) is 0 Å². The van der Waals surface area contributed by atoms with Crippen molar-refractivity contribution in [2.24, 2.45) is 0 Å². The van der Waals surface area contributed by atoms with Gasteiger partial charge in [-0.1, -0.05) is 42.3 Å². The van der Waals surface area contributed by atoms with Gasteiger partial charge in [-0.15, -0.1) is 11.8 Å². The lowest BCUT2D eigenvalue weighted by Gasteiger charge is -2.12. The topological polar surface area (TPSA) is 76.1 Å². The van der Waals surface area contributed by atoms with Gasteiger partial charge in [0, 0.05) is 28.0 Å². The van der Waals surface area contributed by atoms with E-state index >= 15 is 0 Å². The summed E-state index contributed by atoms with van der Waals surface area (Å²) in [6, 6.07) is 13.4. The minimum Gasteiger partial charge on any atom is -0.326 e. The van der Waals surface area contributed by atoms with Crippen LogP contribution in [0.15, 0.2) is 64.5 Å². The molecular weight excluding hydrogens is 475 g/mol. The summed E-state index contributed by atoms with van der Waals surface area (Å²) in [6.45, 7) is 1.60. The standard InChI is InChI=1S/C22H20Cl2N2O3S2/c1-3-31(28,29)18-8-4-14(5-9-18)22-19(23)10-16(11-20(22)24)26-21(27)12-15-6-7-17(30-2)13-25-15/h4-11,13H,3,12H2,1-2H3,(H,26,27). The second-order valence-electron chi connectivity index (χ2n) is 6.66. The number of nitrogens with one attached hydrogen (secondary N) is 1. The molecule has 0 unspecified atom stereocenters. The van der Waals surface area contributed by atoms with Crippen molar-refractivity contribution in [3.63, 3.8) is 0 Å². The molecule has 1 aromatic heterocycles. The first-order chi connectivity index (χ1) is 14.7. The third-order valence-corrected chi connectivity index (χ3v) is 7.64. The van der Waals surface area contributed by atoms with E-state index in [0.717, 1.165) is 4.90 Å². The molecule has 0 aliphatic heterocycles. The van der Waals surface area contributed by atoms with Crippen LogP contribution >= 0.6 is 35.0 Å². The molecule has 0 aliphatic rings. The van der Waals surface area contributed by atoms with Crippen LogP contribution in [0.5, 0.6) is 0 Å². The van der Waals surface area contributed by atoms with Crippen LogP contribution in [0.2, 0.25) is 10.0 Å². The van der Waals surface area contributed by atoms with Crippen molar-refractivity contribution in [1.29, 1.82) is 0 Å². The first-order valence-electron chi connectivity index (χ1n) is 9.34. The number of amides is 1. The normalized spacial score (nSPS) is 11.4. The van der Waals surface area contributed by atoms with Gasteiger partial charge < -0.3 is 5.32 Å². The summed E-state index contributed by atoms with van der Waals surface area (Å²) >= 11 is 14.5. The minimum absolute atomic E-state index is 0.0273. The molecule has 0 bridgehead atoms. The lowest BCUT2D eigenvalue weighted by Crippen LogP contribution is -2.15. The number of halogens is 2. The fourth-order valence-electron chi connectivity index (χ4n) is 2.92. The SMILES string of the molecule is CCS(=O)(=O)c1ccc(-c2c(Cl)cc(NC(=O)Cc3ccc(SC)cn3)cc2Cl)cc1. The van der Waals surface area contributed by atoms with Crippen LogP contribution in [-0.2, 0) is 21.1 Å². The number of thioether (sulfide) groups is 1. The number of carbonyl (C=O) groups is 1. The summed E-state index contributed by atoms with van der Waals surface area (Å²) in [5, 5.41) is 3.47. The van der Waals surface area contributed by atoms with E-state index in [4.69, 9.17) is 23.2 Å². The van der Waals surface area contributed by atoms with Crippen molar-refractivity contribution < 1.29 is 13.2 Å². The second-order valence-corrected chi connectivity index (χ2v) is 10.6. The summed E-state index contributed by atoms with van der Waals surface area (Å²) in [4.78, 5) is 17.9. The molecule has 0 aliphatic carbocycles. The van der Waals surface area contributed by atoms with E-state index in [9.17, 15) is 13.2 Å². The number of carbonyl (C=O) groups excluding carboxylic acids is 1. The van der Waals surface area contributed by atoms with Gasteiger partial charge in [0.2, 0.25) is 5.91 Å². The number of sulfone groups is 1. The second kappa shape index (κ2) is 10.0. The van der Waals surface area contributed by atoms with Crippen molar-refractivity contribution in [2.75, 3.05) is 17.3 Å². The van der Waals surface area contributed by atoms with Crippen LogP contribution in [0.3, 0.4) is 0 Å². The molecule has 3 aromatic rings. The maximum atomic E-state index is 12.4. The van der Waals surface area contributed by atoms with Crippen molar-refractivity contribution in [2.45, 2.75) is 23.1 Å². The number of hydrogen-bond acceptors (Lipinski definition) is 5. The quantitative estimate of drug-likeness (QED) is 0.423. The number of pyridine rings is 1. The Morgan fingerprint density at radius 2 is 1.71 bits per heavy atom. The van der Waals surface area contributed by atoms with E-state index in [0.29, 0.717) is 32.6 Å². The van der Waals surface area contributed by atoms with E-state index in [1.807, 2.05) is 18.4 Å². The molecule has 0 saturated carbocycles. The van der Waals surface area contributed by atoms with Crippen molar-refractivity contribution in [3.8, 4) is 11.1 Å². The van der Waals surface area contributed by atoms with Gasteiger partial charge in [-0.05, 0) is 48.2 Å². The van der Waals surface area contributed by atoms with Gasteiger partial charge in [-0.2, -0.15) is 0 Å². The number of aromatic nitrogens is 1. The molecule has 9 heteroatoms. The number of hydrogen-bond donors (Lipinski definition) is 1. The number of rotatable bonds is 7. The Balaban J connectivity index is 1.77. The molecule has 0 radical (unpaired) electrons. The highest BCUT2D eigenvalue weighted by atomic mass is 35.5. The molecule has 1 N–H and O–H groups in total. The van der Waals surface area contributed by atoms with Crippen LogP contribution in [0, 0.1) is 0 Å². The van der Waals surface area contributed by atoms with E-state index in [1.165, 1.54) is 12.1 Å². The highest BCUT2D eigenvalue weighted by molar-refractivity contribution is 7.98. The third-order valence-electron chi connectivity index (χ3n) is 4.58. The molecule has 3 rings (SSSR count). The van der Waals surface area contributed by atoms with Gasteiger partial charge >= 0.3 is 0 Å². The Kier molecular flexibility index (Phi) is 7.64. The predicted molar refractivity (Wildman–Crippen MR) is 128 cm³/mol. The van der Waals surface area contributed by atoms with Crippen LogP contribution < -0.4 is 5.32 Å². The van der Waals surface area contributed by atoms with Crippen LogP contribution in [0.25, 0.3) is 11.1 Å². The van der Waals surface area contributed by atoms with E-state index < -0.39 is 9.84 Å². The van der Waals surface area contributed by atoms with Crippen LogP contribution in [-0.4, -0.2) is 31.3 Å². The van der Waals surface area contributed by atoms with Gasteiger partial charge in [-0.3, -0.25) is 9.78 Å². The molecule has 31 heavy (non-hydrogen) atoms. The maximum Gasteiger partial charge on any atom is 0.230 e. The summed E-state index contributed by atoms with van der Waals surface area (Å²) < 4.78 is 24.0. The first-order valence-corrected chi connectivity index (χ1v) is 13.0. The van der Waals surface area contributed by atoms with Crippen LogP contribution in [0.4, 0.5) is 5.69 Å². The zero-order valence-electron chi connectivity index (χ0n) is 16.9. The Bertz CT molecular complexity index is 1170.